The molecule has 0 saturated heterocycles. The highest BCUT2D eigenvalue weighted by atomic mass is 79.9. The van der Waals surface area contributed by atoms with Crippen LogP contribution in [-0.2, 0) is 16.6 Å². The lowest BCUT2D eigenvalue weighted by atomic mass is 10.2. The van der Waals surface area contributed by atoms with E-state index in [1.807, 2.05) is 13.0 Å². The summed E-state index contributed by atoms with van der Waals surface area (Å²) in [5, 5.41) is 9.30. The van der Waals surface area contributed by atoms with Crippen molar-refractivity contribution in [3.63, 3.8) is 0 Å². The first kappa shape index (κ1) is 15.0. The molecule has 2 rings (SSSR count). The van der Waals surface area contributed by atoms with Crippen LogP contribution in [0.25, 0.3) is 0 Å². The zero-order valence-corrected chi connectivity index (χ0v) is 13.5. The number of aryl methyl sites for hydroxylation is 1. The van der Waals surface area contributed by atoms with Crippen LogP contribution >= 0.6 is 15.9 Å². The largest absolute Gasteiger partial charge is 0.316 e. The molecule has 0 bridgehead atoms. The summed E-state index contributed by atoms with van der Waals surface area (Å²) in [6.07, 6.45) is 1.50. The lowest BCUT2D eigenvalue weighted by molar-refractivity contribution is 0.595. The first-order chi connectivity index (χ1) is 9.42. The molecule has 8 heteroatoms. The molecule has 1 heterocycles. The van der Waals surface area contributed by atoms with E-state index in [-0.39, 0.29) is 5.03 Å². The van der Waals surface area contributed by atoms with Crippen LogP contribution in [0, 0.1) is 6.92 Å². The normalized spacial score (nSPS) is 11.6. The molecule has 0 fully saturated rings. The molecule has 1 aromatic heterocycles. The van der Waals surface area contributed by atoms with E-state index in [0.29, 0.717) is 17.8 Å². The van der Waals surface area contributed by atoms with Gasteiger partial charge < -0.3 is 5.32 Å². The second-order valence-corrected chi connectivity index (χ2v) is 6.91. The van der Waals surface area contributed by atoms with Crippen LogP contribution in [0.4, 0.5) is 5.69 Å². The van der Waals surface area contributed by atoms with Gasteiger partial charge in [-0.15, -0.1) is 0 Å². The predicted molar refractivity (Wildman–Crippen MR) is 81.0 cm³/mol. The van der Waals surface area contributed by atoms with E-state index in [0.717, 1.165) is 10.0 Å². The number of sulfonamides is 1. The molecule has 108 valence electrons. The molecule has 0 saturated carbocycles. The quantitative estimate of drug-likeness (QED) is 0.762. The second kappa shape index (κ2) is 5.94. The van der Waals surface area contributed by atoms with Crippen molar-refractivity contribution in [2.45, 2.75) is 18.5 Å². The Kier molecular flexibility index (Phi) is 4.46. The van der Waals surface area contributed by atoms with Gasteiger partial charge in [0.2, 0.25) is 0 Å². The number of hydrogen-bond donors (Lipinski definition) is 3. The zero-order valence-electron chi connectivity index (χ0n) is 11.1. The monoisotopic (exact) mass is 358 g/mol. The van der Waals surface area contributed by atoms with E-state index >= 15 is 0 Å². The van der Waals surface area contributed by atoms with Crippen LogP contribution in [-0.4, -0.2) is 25.7 Å². The molecule has 0 radical (unpaired) electrons. The third kappa shape index (κ3) is 3.38. The fraction of sp³-hybridized carbons (Fsp3) is 0.250. The topological polar surface area (TPSA) is 86.9 Å². The smallest absolute Gasteiger partial charge is 0.279 e. The van der Waals surface area contributed by atoms with Gasteiger partial charge in [0.05, 0.1) is 11.9 Å². The van der Waals surface area contributed by atoms with Crippen LogP contribution in [0.3, 0.4) is 0 Å². The number of halogens is 1. The Balaban J connectivity index is 2.33. The van der Waals surface area contributed by atoms with Gasteiger partial charge in [0.25, 0.3) is 10.0 Å². The minimum atomic E-state index is -3.69. The van der Waals surface area contributed by atoms with E-state index in [1.165, 1.54) is 6.20 Å². The summed E-state index contributed by atoms with van der Waals surface area (Å²) in [7, 11) is -1.94. The number of anilines is 1. The Labute approximate surface area is 126 Å². The predicted octanol–water partition coefficient (Wildman–Crippen LogP) is 2.00. The summed E-state index contributed by atoms with van der Waals surface area (Å²) in [4.78, 5) is 0. The Bertz CT molecular complexity index is 692. The maximum Gasteiger partial charge on any atom is 0.279 e. The van der Waals surface area contributed by atoms with Crippen LogP contribution in [0.15, 0.2) is 33.9 Å². The third-order valence-corrected chi connectivity index (χ3v) is 4.46. The zero-order chi connectivity index (χ0) is 14.8. The van der Waals surface area contributed by atoms with Crippen LogP contribution < -0.4 is 10.0 Å². The van der Waals surface area contributed by atoms with E-state index in [9.17, 15) is 8.42 Å². The Morgan fingerprint density at radius 1 is 1.35 bits per heavy atom. The summed E-state index contributed by atoms with van der Waals surface area (Å²) in [5.74, 6) is 0. The number of nitrogens with one attached hydrogen (secondary N) is 3. The molecule has 20 heavy (non-hydrogen) atoms. The fourth-order valence-corrected chi connectivity index (χ4v) is 3.63. The Morgan fingerprint density at radius 3 is 2.75 bits per heavy atom. The summed E-state index contributed by atoms with van der Waals surface area (Å²) < 4.78 is 28.1. The molecule has 1 aromatic carbocycles. The van der Waals surface area contributed by atoms with Crippen molar-refractivity contribution >= 4 is 31.6 Å². The van der Waals surface area contributed by atoms with E-state index < -0.39 is 10.0 Å². The van der Waals surface area contributed by atoms with Gasteiger partial charge in [0, 0.05) is 16.6 Å². The van der Waals surface area contributed by atoms with Crippen molar-refractivity contribution in [3.8, 4) is 0 Å². The van der Waals surface area contributed by atoms with Gasteiger partial charge in [-0.3, -0.25) is 9.82 Å². The molecule has 0 aliphatic carbocycles. The highest BCUT2D eigenvalue weighted by Gasteiger charge is 2.20. The summed E-state index contributed by atoms with van der Waals surface area (Å²) in [6, 6.07) is 5.37. The molecule has 3 N–H and O–H groups in total. The number of H-pyrrole nitrogens is 1. The lowest BCUT2D eigenvalue weighted by Crippen LogP contribution is -2.17. The van der Waals surface area contributed by atoms with Gasteiger partial charge in [-0.05, 0) is 37.7 Å². The maximum atomic E-state index is 12.4. The third-order valence-electron chi connectivity index (χ3n) is 2.61. The van der Waals surface area contributed by atoms with Crippen molar-refractivity contribution in [3.05, 3.63) is 40.0 Å². The van der Waals surface area contributed by atoms with Crippen molar-refractivity contribution < 1.29 is 8.42 Å². The number of nitrogens with zero attached hydrogens (tertiary/aromatic N) is 1. The van der Waals surface area contributed by atoms with Crippen molar-refractivity contribution in [2.24, 2.45) is 0 Å². The number of benzene rings is 1. The summed E-state index contributed by atoms with van der Waals surface area (Å²) in [5.41, 5.74) is 2.05. The molecule has 0 spiro atoms. The highest BCUT2D eigenvalue weighted by molar-refractivity contribution is 9.10. The second-order valence-electron chi connectivity index (χ2n) is 4.38. The lowest BCUT2D eigenvalue weighted by Gasteiger charge is -2.09. The SMILES string of the molecule is CNCc1cn[nH]c1S(=O)(=O)Nc1cc(C)cc(Br)c1. The van der Waals surface area contributed by atoms with Gasteiger partial charge in [-0.2, -0.15) is 13.5 Å². The van der Waals surface area contributed by atoms with Gasteiger partial charge in [-0.25, -0.2) is 0 Å². The van der Waals surface area contributed by atoms with Crippen LogP contribution in [0.1, 0.15) is 11.1 Å². The molecular formula is C12H15BrN4O2S. The first-order valence-corrected chi connectivity index (χ1v) is 8.17. The van der Waals surface area contributed by atoms with E-state index in [2.05, 4.69) is 36.2 Å². The van der Waals surface area contributed by atoms with Crippen molar-refractivity contribution in [1.29, 1.82) is 0 Å². The van der Waals surface area contributed by atoms with Crippen LogP contribution in [0.2, 0.25) is 0 Å². The number of aromatic amines is 1. The molecule has 6 nitrogen and oxygen atoms in total. The molecule has 0 aliphatic heterocycles. The Morgan fingerprint density at radius 2 is 2.10 bits per heavy atom. The molecule has 0 unspecified atom stereocenters. The van der Waals surface area contributed by atoms with Crippen LogP contribution in [0.5, 0.6) is 0 Å². The standard InChI is InChI=1S/C12H15BrN4O2S/c1-8-3-10(13)5-11(4-8)17-20(18,19)12-9(6-14-2)7-15-16-12/h3-5,7,14,17H,6H2,1-2H3,(H,15,16). The maximum absolute atomic E-state index is 12.4. The first-order valence-electron chi connectivity index (χ1n) is 5.89. The summed E-state index contributed by atoms with van der Waals surface area (Å²) >= 11 is 3.34. The van der Waals surface area contributed by atoms with E-state index in [4.69, 9.17) is 0 Å². The van der Waals surface area contributed by atoms with Gasteiger partial charge >= 0.3 is 0 Å². The minimum Gasteiger partial charge on any atom is -0.316 e. The number of rotatable bonds is 5. The average molecular weight is 359 g/mol. The number of aromatic nitrogens is 2. The summed E-state index contributed by atoms with van der Waals surface area (Å²) in [6.45, 7) is 2.31. The van der Waals surface area contributed by atoms with Gasteiger partial charge in [0.1, 0.15) is 0 Å². The van der Waals surface area contributed by atoms with Gasteiger partial charge in [0.15, 0.2) is 5.03 Å². The van der Waals surface area contributed by atoms with Crippen molar-refractivity contribution in [1.82, 2.24) is 15.5 Å². The Hall–Kier alpha value is -1.38. The van der Waals surface area contributed by atoms with E-state index in [1.54, 1.807) is 19.2 Å². The molecular weight excluding hydrogens is 344 g/mol. The molecule has 2 aromatic rings. The minimum absolute atomic E-state index is 0.0736. The fourth-order valence-electron chi connectivity index (χ4n) is 1.85. The molecule has 0 atom stereocenters. The van der Waals surface area contributed by atoms with Gasteiger partial charge in [-0.1, -0.05) is 15.9 Å². The van der Waals surface area contributed by atoms with Crippen molar-refractivity contribution in [2.75, 3.05) is 11.8 Å². The number of hydrogen-bond acceptors (Lipinski definition) is 4. The molecule has 0 aliphatic rings. The highest BCUT2D eigenvalue weighted by Crippen LogP contribution is 2.22. The molecule has 0 amide bonds. The average Bonchev–Trinajstić information content (AvgIpc) is 2.76.